The lowest BCUT2D eigenvalue weighted by molar-refractivity contribution is -0.275. The molecule has 1 saturated heterocycles. The molecule has 1 aromatic rings. The van der Waals surface area contributed by atoms with Gasteiger partial charge in [-0.05, 0) is 38.3 Å². The number of ether oxygens (including phenoxy) is 1. The van der Waals surface area contributed by atoms with Crippen LogP contribution in [0.25, 0.3) is 0 Å². The number of carbonyl (C=O) groups is 1. The zero-order valence-electron chi connectivity index (χ0n) is 12.9. The van der Waals surface area contributed by atoms with Crippen molar-refractivity contribution in [1.82, 2.24) is 10.2 Å². The lowest BCUT2D eigenvalue weighted by Crippen LogP contribution is -2.45. The number of hydrogen-bond donors (Lipinski definition) is 2. The van der Waals surface area contributed by atoms with Crippen LogP contribution < -0.4 is 10.1 Å². The van der Waals surface area contributed by atoms with Crippen molar-refractivity contribution in [2.45, 2.75) is 50.2 Å². The number of carboxylic acid groups (broad SMARTS) is 1. The first-order valence-electron chi connectivity index (χ1n) is 7.96. The Hall–Kier alpha value is -1.96. The van der Waals surface area contributed by atoms with Crippen LogP contribution in [0.15, 0.2) is 24.3 Å². The second-order valence-electron chi connectivity index (χ2n) is 6.15. The van der Waals surface area contributed by atoms with Crippen molar-refractivity contribution in [3.05, 3.63) is 29.8 Å². The minimum absolute atomic E-state index is 0.145. The molecule has 132 valence electrons. The van der Waals surface area contributed by atoms with Crippen LogP contribution in [-0.4, -0.2) is 41.1 Å². The van der Waals surface area contributed by atoms with E-state index in [0.717, 1.165) is 25.8 Å². The summed E-state index contributed by atoms with van der Waals surface area (Å²) in [7, 11) is 0. The van der Waals surface area contributed by atoms with Crippen LogP contribution in [0.5, 0.6) is 5.75 Å². The van der Waals surface area contributed by atoms with Gasteiger partial charge in [0.25, 0.3) is 0 Å². The van der Waals surface area contributed by atoms with Gasteiger partial charge in [-0.1, -0.05) is 18.2 Å². The van der Waals surface area contributed by atoms with Gasteiger partial charge in [-0.15, -0.1) is 13.2 Å². The van der Waals surface area contributed by atoms with Crippen molar-refractivity contribution in [2.75, 3.05) is 6.54 Å². The largest absolute Gasteiger partial charge is 0.573 e. The van der Waals surface area contributed by atoms with E-state index in [0.29, 0.717) is 6.42 Å². The highest BCUT2D eigenvalue weighted by Gasteiger charge is 2.44. The molecule has 24 heavy (non-hydrogen) atoms. The van der Waals surface area contributed by atoms with Crippen LogP contribution in [0.1, 0.15) is 37.3 Å². The predicted octanol–water partition coefficient (Wildman–Crippen LogP) is 3.52. The summed E-state index contributed by atoms with van der Waals surface area (Å²) in [6.45, 7) is 0.724. The molecule has 1 aliphatic carbocycles. The van der Waals surface area contributed by atoms with Crippen molar-refractivity contribution in [1.29, 1.82) is 0 Å². The number of rotatable bonds is 5. The number of hydrogen-bond acceptors (Lipinski definition) is 3. The highest BCUT2D eigenvalue weighted by Crippen LogP contribution is 2.42. The van der Waals surface area contributed by atoms with Crippen molar-refractivity contribution in [2.24, 2.45) is 0 Å². The number of nitrogens with one attached hydrogen (secondary N) is 1. The minimum atomic E-state index is -4.82. The zero-order chi connectivity index (χ0) is 17.3. The van der Waals surface area contributed by atoms with Crippen molar-refractivity contribution < 1.29 is 27.8 Å². The van der Waals surface area contributed by atoms with Crippen molar-refractivity contribution in [3.63, 3.8) is 0 Å². The van der Waals surface area contributed by atoms with Crippen LogP contribution in [0.2, 0.25) is 0 Å². The first-order valence-corrected chi connectivity index (χ1v) is 7.96. The number of para-hydroxylation sites is 1. The smallest absolute Gasteiger partial charge is 0.465 e. The average molecular weight is 344 g/mol. The Bertz CT molecular complexity index is 598. The van der Waals surface area contributed by atoms with Gasteiger partial charge < -0.3 is 15.2 Å². The summed E-state index contributed by atoms with van der Waals surface area (Å²) in [5.74, 6) is -0.337. The Balaban J connectivity index is 2.00. The molecular formula is C16H19F3N2O3. The van der Waals surface area contributed by atoms with E-state index in [2.05, 4.69) is 10.1 Å². The van der Waals surface area contributed by atoms with Crippen LogP contribution >= 0.6 is 0 Å². The molecule has 1 heterocycles. The number of nitrogens with zero attached hydrogens (tertiary/aromatic N) is 1. The molecule has 8 heteroatoms. The summed E-state index contributed by atoms with van der Waals surface area (Å²) in [6.07, 6.45) is -2.89. The normalized spacial score (nSPS) is 22.2. The molecule has 0 aromatic heterocycles. The number of amides is 1. The highest BCUT2D eigenvalue weighted by molar-refractivity contribution is 5.67. The lowest BCUT2D eigenvalue weighted by Gasteiger charge is -2.35. The van der Waals surface area contributed by atoms with Crippen molar-refractivity contribution >= 4 is 6.09 Å². The average Bonchev–Trinajstić information content (AvgIpc) is 3.17. The van der Waals surface area contributed by atoms with E-state index in [-0.39, 0.29) is 23.4 Å². The Morgan fingerprint density at radius 1 is 1.29 bits per heavy atom. The molecule has 2 atom stereocenters. The van der Waals surface area contributed by atoms with E-state index in [9.17, 15) is 23.1 Å². The maximum atomic E-state index is 12.7. The molecular weight excluding hydrogens is 325 g/mol. The number of alkyl halides is 3. The van der Waals surface area contributed by atoms with Crippen LogP contribution in [-0.2, 0) is 0 Å². The van der Waals surface area contributed by atoms with E-state index < -0.39 is 18.5 Å². The Labute approximate surface area is 137 Å². The van der Waals surface area contributed by atoms with Gasteiger partial charge in [-0.2, -0.15) is 0 Å². The van der Waals surface area contributed by atoms with E-state index in [4.69, 9.17) is 0 Å². The third-order valence-electron chi connectivity index (χ3n) is 4.40. The molecule has 2 aliphatic rings. The highest BCUT2D eigenvalue weighted by atomic mass is 19.4. The quantitative estimate of drug-likeness (QED) is 0.858. The summed E-state index contributed by atoms with van der Waals surface area (Å²) >= 11 is 0. The van der Waals surface area contributed by atoms with Gasteiger partial charge >= 0.3 is 12.5 Å². The Morgan fingerprint density at radius 2 is 2.00 bits per heavy atom. The van der Waals surface area contributed by atoms with Gasteiger partial charge in [-0.25, -0.2) is 4.79 Å². The van der Waals surface area contributed by atoms with Gasteiger partial charge in [0.2, 0.25) is 0 Å². The Kier molecular flexibility index (Phi) is 4.58. The lowest BCUT2D eigenvalue weighted by atomic mass is 9.95. The molecule has 1 aliphatic heterocycles. The Morgan fingerprint density at radius 3 is 2.54 bits per heavy atom. The van der Waals surface area contributed by atoms with E-state index in [1.165, 1.54) is 23.1 Å². The molecule has 0 radical (unpaired) electrons. The fraction of sp³-hybridized carbons (Fsp3) is 0.562. The molecule has 0 spiro atoms. The zero-order valence-corrected chi connectivity index (χ0v) is 12.9. The second-order valence-corrected chi connectivity index (χ2v) is 6.15. The van der Waals surface area contributed by atoms with Crippen LogP contribution in [0.3, 0.4) is 0 Å². The molecule has 2 unspecified atom stereocenters. The first kappa shape index (κ1) is 16.9. The van der Waals surface area contributed by atoms with Crippen LogP contribution in [0, 0.1) is 0 Å². The van der Waals surface area contributed by atoms with E-state index in [1.807, 2.05) is 0 Å². The summed E-state index contributed by atoms with van der Waals surface area (Å²) < 4.78 is 42.3. The molecule has 2 fully saturated rings. The van der Waals surface area contributed by atoms with E-state index >= 15 is 0 Å². The summed E-state index contributed by atoms with van der Waals surface area (Å²) in [4.78, 5) is 13.1. The molecule has 5 nitrogen and oxygen atoms in total. The maximum Gasteiger partial charge on any atom is 0.573 e. The standard InChI is InChI=1S/C16H19F3N2O3/c17-16(18,19)24-13-6-2-1-4-11(13)14(12-5-3-9-20-12)21(15(22)23)10-7-8-10/h1-2,4,6,10,12,14,20H,3,5,7-9H2,(H,22,23). The van der Waals surface area contributed by atoms with E-state index in [1.54, 1.807) is 6.07 Å². The molecule has 0 bridgehead atoms. The fourth-order valence-electron chi connectivity index (χ4n) is 3.34. The van der Waals surface area contributed by atoms with Crippen LogP contribution in [0.4, 0.5) is 18.0 Å². The first-order chi connectivity index (χ1) is 11.4. The number of benzene rings is 1. The van der Waals surface area contributed by atoms with Gasteiger partial charge in [-0.3, -0.25) is 4.90 Å². The fourth-order valence-corrected chi connectivity index (χ4v) is 3.34. The third kappa shape index (κ3) is 3.75. The van der Waals surface area contributed by atoms with Gasteiger partial charge in [0, 0.05) is 17.6 Å². The van der Waals surface area contributed by atoms with Gasteiger partial charge in [0.1, 0.15) is 5.75 Å². The topological polar surface area (TPSA) is 61.8 Å². The molecule has 1 aromatic carbocycles. The summed E-state index contributed by atoms with van der Waals surface area (Å²) in [5.41, 5.74) is 0.253. The van der Waals surface area contributed by atoms with Gasteiger partial charge in [0.05, 0.1) is 6.04 Å². The molecule has 2 N–H and O–H groups in total. The summed E-state index contributed by atoms with van der Waals surface area (Å²) in [6, 6.07) is 4.74. The predicted molar refractivity (Wildman–Crippen MR) is 79.8 cm³/mol. The second kappa shape index (κ2) is 6.51. The maximum absolute atomic E-state index is 12.7. The third-order valence-corrected chi connectivity index (χ3v) is 4.40. The summed E-state index contributed by atoms with van der Waals surface area (Å²) in [5, 5.41) is 12.9. The monoisotopic (exact) mass is 344 g/mol. The minimum Gasteiger partial charge on any atom is -0.465 e. The van der Waals surface area contributed by atoms with Gasteiger partial charge in [0.15, 0.2) is 0 Å². The SMILES string of the molecule is O=C(O)N(C1CC1)C(c1ccccc1OC(F)(F)F)C1CCCN1. The molecule has 1 amide bonds. The molecule has 3 rings (SSSR count). The molecule has 1 saturated carbocycles. The van der Waals surface area contributed by atoms with Crippen molar-refractivity contribution in [3.8, 4) is 5.75 Å². The number of halogens is 3.